The number of carbonyl (C=O) groups is 2. The van der Waals surface area contributed by atoms with Gasteiger partial charge < -0.3 is 24.8 Å². The topological polar surface area (TPSA) is 88.1 Å². The second-order valence-electron chi connectivity index (χ2n) is 6.30. The van der Waals surface area contributed by atoms with Crippen molar-refractivity contribution in [1.29, 1.82) is 0 Å². The van der Waals surface area contributed by atoms with Crippen LogP contribution >= 0.6 is 0 Å². The van der Waals surface area contributed by atoms with E-state index in [1.54, 1.807) is 11.0 Å². The third-order valence-corrected chi connectivity index (χ3v) is 4.27. The number of rotatable bonds is 10. The van der Waals surface area contributed by atoms with Crippen molar-refractivity contribution in [2.45, 2.75) is 32.1 Å². The number of benzene rings is 1. The first-order chi connectivity index (χ1) is 12.7. The van der Waals surface area contributed by atoms with E-state index in [1.807, 2.05) is 12.1 Å². The fourth-order valence-corrected chi connectivity index (χ4v) is 2.97. The number of hydrogen-bond donors (Lipinski definition) is 2. The first-order valence-electron chi connectivity index (χ1n) is 9.08. The van der Waals surface area contributed by atoms with Crippen LogP contribution in [0.1, 0.15) is 31.2 Å². The van der Waals surface area contributed by atoms with E-state index in [2.05, 4.69) is 5.32 Å². The smallest absolute Gasteiger partial charge is 0.257 e. The zero-order valence-corrected chi connectivity index (χ0v) is 15.3. The number of nitrogens with one attached hydrogen (secondary N) is 1. The van der Waals surface area contributed by atoms with Crippen LogP contribution in [0.15, 0.2) is 18.2 Å². The molecule has 2 amide bonds. The molecule has 0 aliphatic carbocycles. The fourth-order valence-electron chi connectivity index (χ4n) is 2.97. The highest BCUT2D eigenvalue weighted by molar-refractivity contribution is 5.95. The maximum Gasteiger partial charge on any atom is 0.257 e. The number of aryl methyl sites for hydroxylation is 1. The van der Waals surface area contributed by atoms with Crippen LogP contribution in [-0.4, -0.2) is 56.9 Å². The lowest BCUT2D eigenvalue weighted by atomic mass is 10.0. The summed E-state index contributed by atoms with van der Waals surface area (Å²) < 4.78 is 10.5. The first kappa shape index (κ1) is 20.2. The quantitative estimate of drug-likeness (QED) is 0.611. The van der Waals surface area contributed by atoms with Crippen molar-refractivity contribution in [3.8, 4) is 5.75 Å². The van der Waals surface area contributed by atoms with Gasteiger partial charge in [0.2, 0.25) is 0 Å². The maximum absolute atomic E-state index is 12.1. The molecule has 0 unspecified atom stereocenters. The molecule has 7 nitrogen and oxygen atoms in total. The van der Waals surface area contributed by atoms with Crippen LogP contribution in [0.5, 0.6) is 5.75 Å². The molecule has 7 heteroatoms. The summed E-state index contributed by atoms with van der Waals surface area (Å²) in [4.78, 5) is 25.7. The minimum atomic E-state index is -0.163. The molecule has 1 aromatic carbocycles. The fraction of sp³-hybridized carbons (Fsp3) is 0.579. The molecule has 2 N–H and O–H groups in total. The largest absolute Gasteiger partial charge is 0.484 e. The Labute approximate surface area is 154 Å². The Morgan fingerprint density at radius 3 is 2.85 bits per heavy atom. The molecule has 1 aliphatic heterocycles. The third kappa shape index (κ3) is 6.00. The van der Waals surface area contributed by atoms with Gasteiger partial charge in [-0.3, -0.25) is 9.59 Å². The predicted octanol–water partition coefficient (Wildman–Crippen LogP) is 1.27. The van der Waals surface area contributed by atoms with Gasteiger partial charge in [0.05, 0.1) is 0 Å². The van der Waals surface area contributed by atoms with Gasteiger partial charge in [0.15, 0.2) is 6.61 Å². The average molecular weight is 364 g/mol. The molecule has 0 saturated heterocycles. The zero-order valence-electron chi connectivity index (χ0n) is 15.3. The summed E-state index contributed by atoms with van der Waals surface area (Å²) in [5.41, 5.74) is 1.93. The SMILES string of the molecule is COCC(=O)N1CCCc2cc(OCC(=O)NCCCCCO)ccc21. The van der Waals surface area contributed by atoms with Gasteiger partial charge in [0, 0.05) is 32.5 Å². The molecule has 0 fully saturated rings. The number of carbonyl (C=O) groups excluding carboxylic acids is 2. The van der Waals surface area contributed by atoms with E-state index >= 15 is 0 Å². The molecule has 0 atom stereocenters. The van der Waals surface area contributed by atoms with E-state index in [-0.39, 0.29) is 31.6 Å². The lowest BCUT2D eigenvalue weighted by molar-refractivity contribution is -0.123. The van der Waals surface area contributed by atoms with Crippen LogP contribution in [-0.2, 0) is 20.7 Å². The van der Waals surface area contributed by atoms with E-state index in [4.69, 9.17) is 14.6 Å². The highest BCUT2D eigenvalue weighted by Gasteiger charge is 2.22. The van der Waals surface area contributed by atoms with Gasteiger partial charge in [-0.05, 0) is 55.9 Å². The zero-order chi connectivity index (χ0) is 18.8. The van der Waals surface area contributed by atoms with Crippen molar-refractivity contribution in [1.82, 2.24) is 5.32 Å². The number of ether oxygens (including phenoxy) is 2. The normalized spacial score (nSPS) is 13.2. The summed E-state index contributed by atoms with van der Waals surface area (Å²) in [5.74, 6) is 0.409. The number of methoxy groups -OCH3 is 1. The third-order valence-electron chi connectivity index (χ3n) is 4.27. The summed E-state index contributed by atoms with van der Waals surface area (Å²) in [7, 11) is 1.51. The number of anilines is 1. The standard InChI is InChI=1S/C19H28N2O5/c1-25-14-19(24)21-10-5-6-15-12-16(7-8-17(15)21)26-13-18(23)20-9-3-2-4-11-22/h7-8,12,22H,2-6,9-11,13-14H2,1H3,(H,20,23). The Morgan fingerprint density at radius 1 is 1.23 bits per heavy atom. The second kappa shape index (κ2) is 10.8. The molecular formula is C19H28N2O5. The predicted molar refractivity (Wildman–Crippen MR) is 98.4 cm³/mol. The minimum absolute atomic E-state index is 0.0366. The van der Waals surface area contributed by atoms with Crippen LogP contribution < -0.4 is 15.0 Å². The van der Waals surface area contributed by atoms with Crippen molar-refractivity contribution < 1.29 is 24.2 Å². The molecule has 144 valence electrons. The molecule has 26 heavy (non-hydrogen) atoms. The van der Waals surface area contributed by atoms with Crippen LogP contribution in [0.2, 0.25) is 0 Å². The summed E-state index contributed by atoms with van der Waals surface area (Å²) in [6, 6.07) is 5.55. The van der Waals surface area contributed by atoms with Gasteiger partial charge in [-0.2, -0.15) is 0 Å². The molecular weight excluding hydrogens is 336 g/mol. The highest BCUT2D eigenvalue weighted by atomic mass is 16.5. The number of amides is 2. The van der Waals surface area contributed by atoms with E-state index in [1.165, 1.54) is 7.11 Å². The van der Waals surface area contributed by atoms with Crippen LogP contribution in [0, 0.1) is 0 Å². The van der Waals surface area contributed by atoms with Gasteiger partial charge in [0.25, 0.3) is 11.8 Å². The van der Waals surface area contributed by atoms with Gasteiger partial charge in [-0.1, -0.05) is 0 Å². The Morgan fingerprint density at radius 2 is 2.08 bits per heavy atom. The Kier molecular flexibility index (Phi) is 8.37. The van der Waals surface area contributed by atoms with Gasteiger partial charge in [-0.25, -0.2) is 0 Å². The van der Waals surface area contributed by atoms with Crippen molar-refractivity contribution in [2.24, 2.45) is 0 Å². The Bertz CT molecular complexity index is 606. The summed E-state index contributed by atoms with van der Waals surface area (Å²) in [6.45, 7) is 1.49. The lowest BCUT2D eigenvalue weighted by Gasteiger charge is -2.29. The number of hydrogen-bond acceptors (Lipinski definition) is 5. The number of fused-ring (bicyclic) bond motifs is 1. The maximum atomic E-state index is 12.1. The molecule has 1 aromatic rings. The number of aliphatic hydroxyl groups excluding tert-OH is 1. The van der Waals surface area contributed by atoms with Crippen LogP contribution in [0.3, 0.4) is 0 Å². The molecule has 2 rings (SSSR count). The second-order valence-corrected chi connectivity index (χ2v) is 6.30. The summed E-state index contributed by atoms with van der Waals surface area (Å²) >= 11 is 0. The number of aliphatic hydroxyl groups is 1. The molecule has 0 spiro atoms. The number of unbranched alkanes of at least 4 members (excludes halogenated alkanes) is 2. The summed E-state index contributed by atoms with van der Waals surface area (Å²) in [5, 5.41) is 11.5. The molecule has 0 aromatic heterocycles. The summed E-state index contributed by atoms with van der Waals surface area (Å²) in [6.07, 6.45) is 4.25. The number of nitrogens with zero attached hydrogens (tertiary/aromatic N) is 1. The van der Waals surface area contributed by atoms with Crippen LogP contribution in [0.25, 0.3) is 0 Å². The first-order valence-corrected chi connectivity index (χ1v) is 9.08. The van der Waals surface area contributed by atoms with Crippen LogP contribution in [0.4, 0.5) is 5.69 Å². The van der Waals surface area contributed by atoms with Crippen molar-refractivity contribution >= 4 is 17.5 Å². The minimum Gasteiger partial charge on any atom is -0.484 e. The average Bonchev–Trinajstić information content (AvgIpc) is 2.65. The lowest BCUT2D eigenvalue weighted by Crippen LogP contribution is -2.37. The van der Waals surface area contributed by atoms with E-state index in [9.17, 15) is 9.59 Å². The Balaban J connectivity index is 1.84. The van der Waals surface area contributed by atoms with E-state index in [0.29, 0.717) is 18.8 Å². The highest BCUT2D eigenvalue weighted by Crippen LogP contribution is 2.30. The molecule has 0 bridgehead atoms. The van der Waals surface area contributed by atoms with Gasteiger partial charge in [0.1, 0.15) is 12.4 Å². The van der Waals surface area contributed by atoms with Crippen molar-refractivity contribution in [2.75, 3.05) is 44.9 Å². The van der Waals surface area contributed by atoms with E-state index < -0.39 is 0 Å². The van der Waals surface area contributed by atoms with E-state index in [0.717, 1.165) is 43.4 Å². The Hall–Kier alpha value is -2.12. The monoisotopic (exact) mass is 364 g/mol. The molecule has 0 saturated carbocycles. The van der Waals surface area contributed by atoms with Crippen molar-refractivity contribution in [3.05, 3.63) is 23.8 Å². The van der Waals surface area contributed by atoms with Crippen molar-refractivity contribution in [3.63, 3.8) is 0 Å². The van der Waals surface area contributed by atoms with Gasteiger partial charge in [-0.15, -0.1) is 0 Å². The molecule has 0 radical (unpaired) electrons. The molecule has 1 heterocycles. The van der Waals surface area contributed by atoms with Gasteiger partial charge >= 0.3 is 0 Å². The molecule has 1 aliphatic rings.